The number of hydrogen-bond donors (Lipinski definition) is 2. The molecule has 0 saturated carbocycles. The molecule has 1 heterocycles. The molecule has 0 radical (unpaired) electrons. The Kier molecular flexibility index (Phi) is 6.10. The van der Waals surface area contributed by atoms with Gasteiger partial charge >= 0.3 is 0 Å². The Morgan fingerprint density at radius 3 is 2.63 bits per heavy atom. The summed E-state index contributed by atoms with van der Waals surface area (Å²) in [6.45, 7) is 1.91. The van der Waals surface area contributed by atoms with Crippen molar-refractivity contribution in [1.29, 1.82) is 0 Å². The van der Waals surface area contributed by atoms with Gasteiger partial charge in [-0.15, -0.1) is 0 Å². The molecule has 0 bridgehead atoms. The van der Waals surface area contributed by atoms with Crippen LogP contribution in [0.5, 0.6) is 5.75 Å². The standard InChI is InChI=1S/C20H17Cl3N2O2/c1-2-4-17(26)25-18(13-7-6-11(21)9-15(13)22)14-10-16(23)12-5-3-8-24-19(12)20(14)27/h3,5-10,18,27H,2,4H2,1H3,(H,25,26)/t18-/m0/s1. The van der Waals surface area contributed by atoms with E-state index in [0.717, 1.165) is 0 Å². The first kappa shape index (κ1) is 19.7. The number of benzene rings is 2. The Bertz CT molecular complexity index is 1010. The van der Waals surface area contributed by atoms with Crippen LogP contribution in [-0.2, 0) is 4.79 Å². The number of amides is 1. The number of nitrogens with zero attached hydrogens (tertiary/aromatic N) is 1. The van der Waals surface area contributed by atoms with Gasteiger partial charge in [-0.25, -0.2) is 0 Å². The first-order valence-corrected chi connectivity index (χ1v) is 9.56. The van der Waals surface area contributed by atoms with E-state index in [1.807, 2.05) is 6.92 Å². The molecule has 2 aromatic carbocycles. The van der Waals surface area contributed by atoms with Gasteiger partial charge in [0.1, 0.15) is 11.3 Å². The van der Waals surface area contributed by atoms with Crippen molar-refractivity contribution in [3.05, 3.63) is 68.8 Å². The van der Waals surface area contributed by atoms with E-state index in [1.165, 1.54) is 0 Å². The van der Waals surface area contributed by atoms with Crippen LogP contribution in [-0.4, -0.2) is 16.0 Å². The van der Waals surface area contributed by atoms with Gasteiger partial charge < -0.3 is 10.4 Å². The van der Waals surface area contributed by atoms with E-state index < -0.39 is 6.04 Å². The van der Waals surface area contributed by atoms with Gasteiger partial charge in [0.25, 0.3) is 0 Å². The molecule has 1 aromatic heterocycles. The second kappa shape index (κ2) is 8.34. The molecule has 0 saturated heterocycles. The number of phenolic OH excluding ortho intramolecular Hbond substituents is 1. The van der Waals surface area contributed by atoms with Gasteiger partial charge in [0.15, 0.2) is 0 Å². The highest BCUT2D eigenvalue weighted by Gasteiger charge is 2.25. The average Bonchev–Trinajstić information content (AvgIpc) is 2.64. The summed E-state index contributed by atoms with van der Waals surface area (Å²) in [4.78, 5) is 16.6. The van der Waals surface area contributed by atoms with Crippen molar-refractivity contribution in [2.45, 2.75) is 25.8 Å². The maximum atomic E-state index is 12.3. The van der Waals surface area contributed by atoms with Gasteiger partial charge in [-0.05, 0) is 42.3 Å². The molecule has 0 spiro atoms. The number of carbonyl (C=O) groups is 1. The molecule has 1 atom stereocenters. The maximum Gasteiger partial charge on any atom is 0.220 e. The number of halogens is 3. The van der Waals surface area contributed by atoms with Gasteiger partial charge in [0.2, 0.25) is 5.91 Å². The largest absolute Gasteiger partial charge is 0.505 e. The molecule has 27 heavy (non-hydrogen) atoms. The number of pyridine rings is 1. The summed E-state index contributed by atoms with van der Waals surface area (Å²) >= 11 is 18.8. The van der Waals surface area contributed by atoms with Crippen LogP contribution in [0.15, 0.2) is 42.6 Å². The molecule has 7 heteroatoms. The zero-order chi connectivity index (χ0) is 19.6. The fourth-order valence-corrected chi connectivity index (χ4v) is 3.73. The quantitative estimate of drug-likeness (QED) is 0.536. The van der Waals surface area contributed by atoms with Crippen molar-refractivity contribution in [3.8, 4) is 5.75 Å². The molecular formula is C20H17Cl3N2O2. The molecule has 0 fully saturated rings. The molecule has 4 nitrogen and oxygen atoms in total. The predicted molar refractivity (Wildman–Crippen MR) is 110 cm³/mol. The molecule has 140 valence electrons. The summed E-state index contributed by atoms with van der Waals surface area (Å²) in [6.07, 6.45) is 2.61. The molecule has 0 aliphatic heterocycles. The van der Waals surface area contributed by atoms with E-state index in [0.29, 0.717) is 49.9 Å². The minimum atomic E-state index is -0.697. The summed E-state index contributed by atoms with van der Waals surface area (Å²) in [5.41, 5.74) is 1.38. The van der Waals surface area contributed by atoms with E-state index in [1.54, 1.807) is 42.6 Å². The van der Waals surface area contributed by atoms with Gasteiger partial charge in [0.05, 0.1) is 11.1 Å². The highest BCUT2D eigenvalue weighted by Crippen LogP contribution is 2.40. The Morgan fingerprint density at radius 2 is 1.93 bits per heavy atom. The number of hydrogen-bond acceptors (Lipinski definition) is 3. The smallest absolute Gasteiger partial charge is 0.220 e. The van der Waals surface area contributed by atoms with E-state index in [4.69, 9.17) is 34.8 Å². The van der Waals surface area contributed by atoms with E-state index in [2.05, 4.69) is 10.3 Å². The van der Waals surface area contributed by atoms with Crippen molar-refractivity contribution >= 4 is 51.6 Å². The second-order valence-electron chi connectivity index (χ2n) is 6.11. The third kappa shape index (κ3) is 4.13. The van der Waals surface area contributed by atoms with Crippen molar-refractivity contribution in [3.63, 3.8) is 0 Å². The van der Waals surface area contributed by atoms with Crippen LogP contribution in [0.2, 0.25) is 15.1 Å². The van der Waals surface area contributed by atoms with Gasteiger partial charge in [-0.3, -0.25) is 9.78 Å². The Morgan fingerprint density at radius 1 is 1.15 bits per heavy atom. The molecular weight excluding hydrogens is 407 g/mol. The number of rotatable bonds is 5. The summed E-state index contributed by atoms with van der Waals surface area (Å²) < 4.78 is 0. The number of carbonyl (C=O) groups excluding carboxylic acids is 1. The maximum absolute atomic E-state index is 12.3. The molecule has 0 aliphatic rings. The van der Waals surface area contributed by atoms with E-state index >= 15 is 0 Å². The lowest BCUT2D eigenvalue weighted by atomic mass is 9.95. The predicted octanol–water partition coefficient (Wildman–Crippen LogP) is 5.91. The molecule has 0 unspecified atom stereocenters. The van der Waals surface area contributed by atoms with Crippen molar-refractivity contribution in [2.75, 3.05) is 0 Å². The Balaban J connectivity index is 2.20. The Labute approximate surface area is 172 Å². The number of nitrogens with one attached hydrogen (secondary N) is 1. The van der Waals surface area contributed by atoms with Crippen LogP contribution in [0.25, 0.3) is 10.9 Å². The zero-order valence-electron chi connectivity index (χ0n) is 14.5. The van der Waals surface area contributed by atoms with Crippen LogP contribution in [0, 0.1) is 0 Å². The van der Waals surface area contributed by atoms with Gasteiger partial charge in [0, 0.05) is 33.6 Å². The molecule has 0 aliphatic carbocycles. The fraction of sp³-hybridized carbons (Fsp3) is 0.200. The zero-order valence-corrected chi connectivity index (χ0v) is 16.7. The second-order valence-corrected chi connectivity index (χ2v) is 7.36. The fourth-order valence-electron chi connectivity index (χ4n) is 2.95. The topological polar surface area (TPSA) is 62.2 Å². The van der Waals surface area contributed by atoms with Crippen LogP contribution in [0.1, 0.15) is 36.9 Å². The van der Waals surface area contributed by atoms with E-state index in [9.17, 15) is 9.90 Å². The lowest BCUT2D eigenvalue weighted by molar-refractivity contribution is -0.121. The minimum Gasteiger partial charge on any atom is -0.505 e. The van der Waals surface area contributed by atoms with Crippen LogP contribution in [0.4, 0.5) is 0 Å². The summed E-state index contributed by atoms with van der Waals surface area (Å²) in [5.74, 6) is -0.215. The highest BCUT2D eigenvalue weighted by atomic mass is 35.5. The lowest BCUT2D eigenvalue weighted by Gasteiger charge is -2.23. The minimum absolute atomic E-state index is 0.0529. The van der Waals surface area contributed by atoms with Gasteiger partial charge in [-0.1, -0.05) is 47.8 Å². The molecule has 2 N–H and O–H groups in total. The van der Waals surface area contributed by atoms with Crippen molar-refractivity contribution in [2.24, 2.45) is 0 Å². The lowest BCUT2D eigenvalue weighted by Crippen LogP contribution is -2.29. The first-order valence-electron chi connectivity index (χ1n) is 8.42. The Hall–Kier alpha value is -2.01. The van der Waals surface area contributed by atoms with Crippen LogP contribution in [0.3, 0.4) is 0 Å². The third-order valence-corrected chi connectivity index (χ3v) is 5.09. The first-order chi connectivity index (χ1) is 12.9. The SMILES string of the molecule is CCCC(=O)N[C@@H](c1ccc(Cl)cc1Cl)c1cc(Cl)c2cccnc2c1O. The highest BCUT2D eigenvalue weighted by molar-refractivity contribution is 6.36. The summed E-state index contributed by atoms with van der Waals surface area (Å²) in [7, 11) is 0. The van der Waals surface area contributed by atoms with Crippen molar-refractivity contribution < 1.29 is 9.90 Å². The number of aromatic hydroxyl groups is 1. The summed E-state index contributed by atoms with van der Waals surface area (Å²) in [5, 5.41) is 15.7. The van der Waals surface area contributed by atoms with Crippen LogP contribution >= 0.6 is 34.8 Å². The monoisotopic (exact) mass is 422 g/mol. The normalized spacial score (nSPS) is 12.1. The number of phenols is 1. The summed E-state index contributed by atoms with van der Waals surface area (Å²) in [6, 6.07) is 9.44. The third-order valence-electron chi connectivity index (χ3n) is 4.21. The molecule has 3 aromatic rings. The van der Waals surface area contributed by atoms with Gasteiger partial charge in [-0.2, -0.15) is 0 Å². The van der Waals surface area contributed by atoms with Crippen molar-refractivity contribution in [1.82, 2.24) is 10.3 Å². The molecule has 1 amide bonds. The number of fused-ring (bicyclic) bond motifs is 1. The number of aromatic nitrogens is 1. The van der Waals surface area contributed by atoms with E-state index in [-0.39, 0.29) is 11.7 Å². The average molecular weight is 424 g/mol. The van der Waals surface area contributed by atoms with Crippen LogP contribution < -0.4 is 5.32 Å². The molecule has 3 rings (SSSR count).